The number of hydrogen-bond acceptors (Lipinski definition) is 1. The molecule has 0 atom stereocenters. The summed E-state index contributed by atoms with van der Waals surface area (Å²) in [5.74, 6) is 0. The quantitative estimate of drug-likeness (QED) is 0.426. The molecule has 0 fully saturated rings. The Hall–Kier alpha value is -0.110. The summed E-state index contributed by atoms with van der Waals surface area (Å²) in [4.78, 5) is 10.2. The van der Waals surface area contributed by atoms with Crippen LogP contribution in [-0.4, -0.2) is 4.69 Å². The van der Waals surface area contributed by atoms with Gasteiger partial charge >= 0.3 is 0 Å². The minimum absolute atomic E-state index is 0.0324. The van der Waals surface area contributed by atoms with Crippen LogP contribution in [0, 0.1) is 0 Å². The number of carbonyl (C=O) groups excluding carboxylic acids is 1. The van der Waals surface area contributed by atoms with Gasteiger partial charge in [0.2, 0.25) is 4.69 Å². The molecule has 0 aliphatic heterocycles. The standard InChI is InChI=1S/C5H7BrO/c1-3-4(2)5(6)7/h3H,1-2H3. The highest BCUT2D eigenvalue weighted by atomic mass is 79.9. The topological polar surface area (TPSA) is 17.1 Å². The fourth-order valence-electron chi connectivity index (χ4n) is 0.113. The molecular formula is C5H7BrO. The van der Waals surface area contributed by atoms with Crippen molar-refractivity contribution < 1.29 is 4.79 Å². The molecule has 2 heteroatoms. The van der Waals surface area contributed by atoms with Gasteiger partial charge in [0.15, 0.2) is 0 Å². The Kier molecular flexibility index (Phi) is 2.92. The highest BCUT2D eigenvalue weighted by Gasteiger charge is 1.92. The summed E-state index contributed by atoms with van der Waals surface area (Å²) in [6.07, 6.45) is 1.76. The largest absolute Gasteiger partial charge is 0.281 e. The van der Waals surface area contributed by atoms with Crippen LogP contribution in [0.1, 0.15) is 13.8 Å². The monoisotopic (exact) mass is 162 g/mol. The second-order valence-electron chi connectivity index (χ2n) is 1.25. The first-order valence-electron chi connectivity index (χ1n) is 2.01. The molecule has 0 aliphatic carbocycles. The Morgan fingerprint density at radius 1 is 1.71 bits per heavy atom. The van der Waals surface area contributed by atoms with Gasteiger partial charge in [0.05, 0.1) is 0 Å². The normalized spacial score (nSPS) is 11.6. The Labute approximate surface area is 51.5 Å². The third kappa shape index (κ3) is 2.57. The van der Waals surface area contributed by atoms with Gasteiger partial charge in [-0.25, -0.2) is 0 Å². The third-order valence-corrected chi connectivity index (χ3v) is 1.37. The molecule has 0 radical (unpaired) electrons. The lowest BCUT2D eigenvalue weighted by Crippen LogP contribution is -1.83. The summed E-state index contributed by atoms with van der Waals surface area (Å²) in [5, 5.41) is 0. The molecule has 0 bridgehead atoms. The Balaban J connectivity index is 3.82. The molecule has 0 aromatic rings. The maximum atomic E-state index is 10.2. The lowest BCUT2D eigenvalue weighted by molar-refractivity contribution is -0.107. The van der Waals surface area contributed by atoms with Gasteiger partial charge in [-0.1, -0.05) is 6.08 Å². The van der Waals surface area contributed by atoms with Gasteiger partial charge in [-0.05, 0) is 35.4 Å². The molecule has 40 valence electrons. The van der Waals surface area contributed by atoms with E-state index in [9.17, 15) is 4.79 Å². The van der Waals surface area contributed by atoms with Crippen molar-refractivity contribution in [1.29, 1.82) is 0 Å². The van der Waals surface area contributed by atoms with Crippen LogP contribution in [0.4, 0.5) is 0 Å². The number of carbonyl (C=O) groups is 1. The molecule has 0 aromatic carbocycles. The van der Waals surface area contributed by atoms with Crippen molar-refractivity contribution in [3.63, 3.8) is 0 Å². The SMILES string of the molecule is CC=C(C)C(=O)Br. The minimum Gasteiger partial charge on any atom is -0.281 e. The first-order chi connectivity index (χ1) is 3.18. The predicted octanol–water partition coefficient (Wildman–Crippen LogP) is 1.87. The van der Waals surface area contributed by atoms with Crippen LogP contribution in [0.25, 0.3) is 0 Å². The fourth-order valence-corrected chi connectivity index (χ4v) is 0.342. The van der Waals surface area contributed by atoms with Crippen LogP contribution in [0.5, 0.6) is 0 Å². The van der Waals surface area contributed by atoms with E-state index in [2.05, 4.69) is 15.9 Å². The summed E-state index contributed by atoms with van der Waals surface area (Å²) in [7, 11) is 0. The van der Waals surface area contributed by atoms with E-state index in [0.717, 1.165) is 5.57 Å². The first-order valence-corrected chi connectivity index (χ1v) is 2.80. The van der Waals surface area contributed by atoms with Crippen molar-refractivity contribution >= 4 is 20.6 Å². The Morgan fingerprint density at radius 3 is 2.14 bits per heavy atom. The lowest BCUT2D eigenvalue weighted by atomic mass is 10.3. The van der Waals surface area contributed by atoms with Crippen molar-refractivity contribution in [3.05, 3.63) is 11.6 Å². The molecule has 0 heterocycles. The summed E-state index contributed by atoms with van der Waals surface area (Å²) in [6, 6.07) is 0. The van der Waals surface area contributed by atoms with E-state index in [1.165, 1.54) is 0 Å². The van der Waals surface area contributed by atoms with Gasteiger partial charge < -0.3 is 0 Å². The van der Waals surface area contributed by atoms with Crippen molar-refractivity contribution in [1.82, 2.24) is 0 Å². The van der Waals surface area contributed by atoms with Crippen LogP contribution in [0.2, 0.25) is 0 Å². The molecule has 0 spiro atoms. The zero-order valence-electron chi connectivity index (χ0n) is 4.36. The molecule has 7 heavy (non-hydrogen) atoms. The maximum absolute atomic E-state index is 10.2. The molecule has 0 unspecified atom stereocenters. The average Bonchev–Trinajstić information content (AvgIpc) is 1.65. The van der Waals surface area contributed by atoms with E-state index in [0.29, 0.717) is 0 Å². The summed E-state index contributed by atoms with van der Waals surface area (Å²) < 4.78 is -0.0324. The number of rotatable bonds is 1. The highest BCUT2D eigenvalue weighted by Crippen LogP contribution is 1.98. The van der Waals surface area contributed by atoms with Crippen LogP contribution < -0.4 is 0 Å². The molecule has 0 aliphatic rings. The van der Waals surface area contributed by atoms with E-state index < -0.39 is 0 Å². The van der Waals surface area contributed by atoms with Crippen LogP contribution in [0.15, 0.2) is 11.6 Å². The van der Waals surface area contributed by atoms with E-state index >= 15 is 0 Å². The van der Waals surface area contributed by atoms with E-state index in [4.69, 9.17) is 0 Å². The molecule has 0 N–H and O–H groups in total. The van der Waals surface area contributed by atoms with Crippen molar-refractivity contribution in [2.45, 2.75) is 13.8 Å². The van der Waals surface area contributed by atoms with Crippen molar-refractivity contribution in [2.24, 2.45) is 0 Å². The first kappa shape index (κ1) is 6.89. The predicted molar refractivity (Wildman–Crippen MR) is 33.4 cm³/mol. The van der Waals surface area contributed by atoms with Crippen LogP contribution in [-0.2, 0) is 4.79 Å². The second-order valence-corrected chi connectivity index (χ2v) is 1.97. The third-order valence-electron chi connectivity index (χ3n) is 0.743. The minimum atomic E-state index is -0.0324. The molecule has 0 saturated heterocycles. The number of hydrogen-bond donors (Lipinski definition) is 0. The summed E-state index contributed by atoms with van der Waals surface area (Å²) >= 11 is 2.79. The van der Waals surface area contributed by atoms with Gasteiger partial charge in [-0.2, -0.15) is 0 Å². The molecular weight excluding hydrogens is 156 g/mol. The van der Waals surface area contributed by atoms with Gasteiger partial charge in [0.25, 0.3) is 0 Å². The fraction of sp³-hybridized carbons (Fsp3) is 0.400. The number of halogens is 1. The van der Waals surface area contributed by atoms with Crippen LogP contribution in [0.3, 0.4) is 0 Å². The van der Waals surface area contributed by atoms with E-state index in [1.807, 2.05) is 6.92 Å². The molecule has 0 aromatic heterocycles. The Morgan fingerprint density at radius 2 is 2.14 bits per heavy atom. The molecule has 0 rings (SSSR count). The highest BCUT2D eigenvalue weighted by molar-refractivity contribution is 9.18. The smallest absolute Gasteiger partial charge is 0.223 e. The van der Waals surface area contributed by atoms with Gasteiger partial charge in [0.1, 0.15) is 0 Å². The average molecular weight is 163 g/mol. The molecule has 0 saturated carbocycles. The van der Waals surface area contributed by atoms with Crippen molar-refractivity contribution in [2.75, 3.05) is 0 Å². The Bertz CT molecular complexity index is 105. The van der Waals surface area contributed by atoms with Crippen molar-refractivity contribution in [3.8, 4) is 0 Å². The van der Waals surface area contributed by atoms with Gasteiger partial charge in [0, 0.05) is 0 Å². The van der Waals surface area contributed by atoms with E-state index in [-0.39, 0.29) is 4.69 Å². The maximum Gasteiger partial charge on any atom is 0.223 e. The number of allylic oxidation sites excluding steroid dienone is 2. The molecule has 1 nitrogen and oxygen atoms in total. The zero-order valence-corrected chi connectivity index (χ0v) is 5.95. The lowest BCUT2D eigenvalue weighted by Gasteiger charge is -1.83. The van der Waals surface area contributed by atoms with Crippen LogP contribution >= 0.6 is 15.9 Å². The molecule has 0 amide bonds. The van der Waals surface area contributed by atoms with Gasteiger partial charge in [-0.3, -0.25) is 4.79 Å². The van der Waals surface area contributed by atoms with Gasteiger partial charge in [-0.15, -0.1) is 0 Å². The summed E-state index contributed by atoms with van der Waals surface area (Å²) in [5.41, 5.74) is 0.750. The summed E-state index contributed by atoms with van der Waals surface area (Å²) in [6.45, 7) is 3.59. The zero-order chi connectivity index (χ0) is 5.86. The second kappa shape index (κ2) is 2.97. The van der Waals surface area contributed by atoms with E-state index in [1.54, 1.807) is 13.0 Å².